The molecule has 0 radical (unpaired) electrons. The van der Waals surface area contributed by atoms with Gasteiger partial charge >= 0.3 is 5.25 Å². The van der Waals surface area contributed by atoms with Gasteiger partial charge in [0.2, 0.25) is 0 Å². The predicted octanol–water partition coefficient (Wildman–Crippen LogP) is 5.17. The molecule has 1 aliphatic heterocycles. The first-order valence-electron chi connectivity index (χ1n) is 8.01. The minimum atomic E-state index is -2.72. The lowest BCUT2D eigenvalue weighted by molar-refractivity contribution is -0.0915. The van der Waals surface area contributed by atoms with Crippen molar-refractivity contribution >= 4 is 11.8 Å². The Kier molecular flexibility index (Phi) is 4.55. The van der Waals surface area contributed by atoms with Gasteiger partial charge in [0.1, 0.15) is 0 Å². The monoisotopic (exact) mass is 311 g/mol. The minimum Gasteiger partial charge on any atom is -0.291 e. The minimum absolute atomic E-state index is 0.639. The van der Waals surface area contributed by atoms with E-state index >= 15 is 8.78 Å². The average molecular weight is 311 g/mol. The van der Waals surface area contributed by atoms with Crippen molar-refractivity contribution in [2.75, 3.05) is 13.1 Å². The molecule has 0 atom stereocenters. The molecule has 2 fully saturated rings. The standard InChI is InChI=1S/C17H23F2NS/c18-17(19,21-15-9-3-1-4-10-15)16(11-5-2-6-12-16)20-13-7-8-14-20/h1,3-4,9-10H,2,5-8,11-14H2. The molecule has 1 aromatic carbocycles. The summed E-state index contributed by atoms with van der Waals surface area (Å²) >= 11 is 0.763. The number of hydrogen-bond donors (Lipinski definition) is 0. The van der Waals surface area contributed by atoms with Crippen LogP contribution in [-0.2, 0) is 0 Å². The average Bonchev–Trinajstić information content (AvgIpc) is 3.03. The number of halogens is 2. The summed E-state index contributed by atoms with van der Waals surface area (Å²) in [7, 11) is 0. The van der Waals surface area contributed by atoms with Crippen LogP contribution in [0.3, 0.4) is 0 Å². The predicted molar refractivity (Wildman–Crippen MR) is 83.9 cm³/mol. The quantitative estimate of drug-likeness (QED) is 0.706. The van der Waals surface area contributed by atoms with E-state index in [9.17, 15) is 0 Å². The van der Waals surface area contributed by atoms with Gasteiger partial charge in [-0.25, -0.2) is 0 Å². The van der Waals surface area contributed by atoms with Crippen LogP contribution < -0.4 is 0 Å². The molecule has 116 valence electrons. The smallest absolute Gasteiger partial charge is 0.291 e. The van der Waals surface area contributed by atoms with Crippen molar-refractivity contribution in [1.29, 1.82) is 0 Å². The second kappa shape index (κ2) is 6.25. The number of nitrogens with zero attached hydrogens (tertiary/aromatic N) is 1. The van der Waals surface area contributed by atoms with Crippen molar-refractivity contribution in [3.8, 4) is 0 Å². The summed E-state index contributed by atoms with van der Waals surface area (Å²) in [6.45, 7) is 1.68. The van der Waals surface area contributed by atoms with Crippen LogP contribution in [0.5, 0.6) is 0 Å². The fraction of sp³-hybridized carbons (Fsp3) is 0.647. The summed E-state index contributed by atoms with van der Waals surface area (Å²) in [5.41, 5.74) is -0.928. The first-order chi connectivity index (χ1) is 10.1. The first-order valence-corrected chi connectivity index (χ1v) is 8.83. The molecule has 1 aromatic rings. The van der Waals surface area contributed by atoms with Gasteiger partial charge in [-0.3, -0.25) is 4.90 Å². The number of alkyl halides is 2. The molecule has 1 saturated carbocycles. The number of thioether (sulfide) groups is 1. The molecule has 0 amide bonds. The Labute approximate surface area is 130 Å². The van der Waals surface area contributed by atoms with Crippen LogP contribution in [0, 0.1) is 0 Å². The summed E-state index contributed by atoms with van der Waals surface area (Å²) in [5, 5.41) is -2.72. The zero-order chi connectivity index (χ0) is 14.8. The lowest BCUT2D eigenvalue weighted by Gasteiger charge is -2.48. The lowest BCUT2D eigenvalue weighted by atomic mass is 9.80. The molecule has 1 heterocycles. The lowest BCUT2D eigenvalue weighted by Crippen LogP contribution is -2.59. The molecule has 0 unspecified atom stereocenters. The third-order valence-electron chi connectivity index (χ3n) is 4.92. The Morgan fingerprint density at radius 1 is 0.905 bits per heavy atom. The maximum absolute atomic E-state index is 15.2. The number of likely N-dealkylation sites (tertiary alicyclic amines) is 1. The Bertz CT molecular complexity index is 451. The van der Waals surface area contributed by atoms with Gasteiger partial charge in [0.15, 0.2) is 0 Å². The molecule has 21 heavy (non-hydrogen) atoms. The number of rotatable bonds is 4. The van der Waals surface area contributed by atoms with E-state index in [1.807, 2.05) is 18.2 Å². The Morgan fingerprint density at radius 2 is 1.52 bits per heavy atom. The van der Waals surface area contributed by atoms with E-state index in [-0.39, 0.29) is 0 Å². The van der Waals surface area contributed by atoms with Gasteiger partial charge in [-0.15, -0.1) is 0 Å². The SMILES string of the molecule is FC(F)(Sc1ccccc1)C1(N2CCCC2)CCCCC1. The largest absolute Gasteiger partial charge is 0.316 e. The van der Waals surface area contributed by atoms with Gasteiger partial charge in [-0.05, 0) is 50.9 Å². The van der Waals surface area contributed by atoms with E-state index in [1.165, 1.54) is 0 Å². The molecule has 1 nitrogen and oxygen atoms in total. The highest BCUT2D eigenvalue weighted by Crippen LogP contribution is 2.53. The van der Waals surface area contributed by atoms with Crippen molar-refractivity contribution in [1.82, 2.24) is 4.90 Å². The van der Waals surface area contributed by atoms with E-state index in [4.69, 9.17) is 0 Å². The van der Waals surface area contributed by atoms with Crippen LogP contribution >= 0.6 is 11.8 Å². The molecule has 0 N–H and O–H groups in total. The van der Waals surface area contributed by atoms with Crippen LogP contribution in [0.4, 0.5) is 8.78 Å². The summed E-state index contributed by atoms with van der Waals surface area (Å²) in [6, 6.07) is 9.13. The van der Waals surface area contributed by atoms with Crippen molar-refractivity contribution in [3.05, 3.63) is 30.3 Å². The van der Waals surface area contributed by atoms with Gasteiger partial charge in [0.05, 0.1) is 5.54 Å². The molecule has 4 heteroatoms. The molecule has 3 rings (SSSR count). The fourth-order valence-electron chi connectivity index (χ4n) is 3.80. The number of benzene rings is 1. The third kappa shape index (κ3) is 2.98. The van der Waals surface area contributed by atoms with Gasteiger partial charge < -0.3 is 0 Å². The fourth-order valence-corrected chi connectivity index (χ4v) is 4.92. The third-order valence-corrected chi connectivity index (χ3v) is 6.07. The Balaban J connectivity index is 1.87. The summed E-state index contributed by atoms with van der Waals surface area (Å²) in [5.74, 6) is 0. The molecular weight excluding hydrogens is 288 g/mol. The number of hydrogen-bond acceptors (Lipinski definition) is 2. The normalized spacial score (nSPS) is 23.3. The highest BCUT2D eigenvalue weighted by atomic mass is 32.2. The highest BCUT2D eigenvalue weighted by molar-refractivity contribution is 8.00. The second-order valence-corrected chi connectivity index (χ2v) is 7.41. The van der Waals surface area contributed by atoms with E-state index in [2.05, 4.69) is 4.90 Å². The van der Waals surface area contributed by atoms with Gasteiger partial charge in [0.25, 0.3) is 0 Å². The van der Waals surface area contributed by atoms with E-state index in [0.29, 0.717) is 17.7 Å². The zero-order valence-corrected chi connectivity index (χ0v) is 13.2. The molecular formula is C17H23F2NS. The van der Waals surface area contributed by atoms with Crippen molar-refractivity contribution in [3.63, 3.8) is 0 Å². The summed E-state index contributed by atoms with van der Waals surface area (Å²) in [6.07, 6.45) is 6.37. The van der Waals surface area contributed by atoms with E-state index in [0.717, 1.165) is 57.0 Å². The highest BCUT2D eigenvalue weighted by Gasteiger charge is 2.58. The van der Waals surface area contributed by atoms with Crippen LogP contribution in [0.15, 0.2) is 35.2 Å². The summed E-state index contributed by atoms with van der Waals surface area (Å²) < 4.78 is 30.4. The van der Waals surface area contributed by atoms with Crippen LogP contribution in [-0.4, -0.2) is 28.8 Å². The molecule has 0 bridgehead atoms. The molecule has 2 aliphatic rings. The second-order valence-electron chi connectivity index (χ2n) is 6.22. The van der Waals surface area contributed by atoms with Crippen molar-refractivity contribution < 1.29 is 8.78 Å². The molecule has 1 saturated heterocycles. The first kappa shape index (κ1) is 15.3. The van der Waals surface area contributed by atoms with E-state index < -0.39 is 10.8 Å². The summed E-state index contributed by atoms with van der Waals surface area (Å²) in [4.78, 5) is 2.77. The van der Waals surface area contributed by atoms with Crippen LogP contribution in [0.1, 0.15) is 44.9 Å². The topological polar surface area (TPSA) is 3.24 Å². The van der Waals surface area contributed by atoms with E-state index in [1.54, 1.807) is 12.1 Å². The molecule has 1 aliphatic carbocycles. The van der Waals surface area contributed by atoms with Crippen LogP contribution in [0.2, 0.25) is 0 Å². The van der Waals surface area contributed by atoms with Crippen molar-refractivity contribution in [2.45, 2.75) is 60.6 Å². The van der Waals surface area contributed by atoms with Gasteiger partial charge in [-0.1, -0.05) is 49.2 Å². The van der Waals surface area contributed by atoms with Crippen molar-refractivity contribution in [2.24, 2.45) is 0 Å². The van der Waals surface area contributed by atoms with Gasteiger partial charge in [-0.2, -0.15) is 8.78 Å². The molecule has 0 spiro atoms. The maximum atomic E-state index is 15.2. The Morgan fingerprint density at radius 3 is 2.14 bits per heavy atom. The maximum Gasteiger partial charge on any atom is 0.316 e. The molecule has 0 aromatic heterocycles. The van der Waals surface area contributed by atoms with Gasteiger partial charge in [0, 0.05) is 4.90 Å². The zero-order valence-electron chi connectivity index (χ0n) is 12.4. The Hall–Kier alpha value is -0.610. The van der Waals surface area contributed by atoms with Crippen LogP contribution in [0.25, 0.3) is 0 Å².